The van der Waals surface area contributed by atoms with Gasteiger partial charge in [-0.2, -0.15) is 10.1 Å². The van der Waals surface area contributed by atoms with Crippen molar-refractivity contribution < 1.29 is 8.42 Å². The summed E-state index contributed by atoms with van der Waals surface area (Å²) >= 11 is 0. The molecule has 120 valence electrons. The first-order valence-electron chi connectivity index (χ1n) is 7.05. The van der Waals surface area contributed by atoms with Crippen LogP contribution in [0.4, 0.5) is 5.95 Å². The first-order chi connectivity index (χ1) is 11.1. The minimum atomic E-state index is -3.73. The number of aromatic nitrogens is 5. The molecule has 0 atom stereocenters. The van der Waals surface area contributed by atoms with Crippen LogP contribution in [-0.4, -0.2) is 33.0 Å². The molecule has 0 aliphatic rings. The van der Waals surface area contributed by atoms with Gasteiger partial charge in [-0.05, 0) is 12.5 Å². The predicted octanol–water partition coefficient (Wildman–Crippen LogP) is 1.34. The fraction of sp³-hybridized carbons (Fsp3) is 0.214. The van der Waals surface area contributed by atoms with Gasteiger partial charge in [0.2, 0.25) is 0 Å². The summed E-state index contributed by atoms with van der Waals surface area (Å²) < 4.78 is 30.0. The molecule has 23 heavy (non-hydrogen) atoms. The molecule has 0 amide bonds. The largest absolute Gasteiger partial charge is 0.272 e. The second-order valence-corrected chi connectivity index (χ2v) is 6.57. The van der Waals surface area contributed by atoms with Crippen LogP contribution in [0.1, 0.15) is 12.5 Å². The number of hydrogen-bond acceptors (Lipinski definition) is 5. The van der Waals surface area contributed by atoms with Gasteiger partial charge in [-0.25, -0.2) is 17.8 Å². The summed E-state index contributed by atoms with van der Waals surface area (Å²) in [7, 11) is -3.73. The van der Waals surface area contributed by atoms with Crippen molar-refractivity contribution in [2.75, 3.05) is 4.72 Å². The molecule has 0 aliphatic heterocycles. The average molecular weight is 332 g/mol. The SMILES string of the molecule is CCn1cc(S(=O)(=O)Nc2ncn(Cc3ccccc3)n2)cn1. The van der Waals surface area contributed by atoms with Gasteiger partial charge in [-0.3, -0.25) is 4.68 Å². The Hall–Kier alpha value is -2.68. The van der Waals surface area contributed by atoms with Crippen LogP contribution < -0.4 is 4.72 Å². The number of aryl methyl sites for hydroxylation is 1. The summed E-state index contributed by atoms with van der Waals surface area (Å²) in [6.45, 7) is 2.99. The van der Waals surface area contributed by atoms with Crippen LogP contribution in [0.25, 0.3) is 0 Å². The van der Waals surface area contributed by atoms with Crippen molar-refractivity contribution in [1.29, 1.82) is 0 Å². The normalized spacial score (nSPS) is 11.5. The van der Waals surface area contributed by atoms with Gasteiger partial charge in [0.1, 0.15) is 11.2 Å². The van der Waals surface area contributed by atoms with Crippen molar-refractivity contribution in [2.45, 2.75) is 24.9 Å². The zero-order chi connectivity index (χ0) is 16.3. The number of anilines is 1. The Morgan fingerprint density at radius 1 is 1.17 bits per heavy atom. The van der Waals surface area contributed by atoms with E-state index in [1.807, 2.05) is 37.3 Å². The molecule has 2 heterocycles. The van der Waals surface area contributed by atoms with E-state index in [2.05, 4.69) is 19.9 Å². The molecule has 0 spiro atoms. The second kappa shape index (κ2) is 6.21. The molecule has 0 bridgehead atoms. The highest BCUT2D eigenvalue weighted by atomic mass is 32.2. The van der Waals surface area contributed by atoms with Crippen LogP contribution in [0.15, 0.2) is 53.9 Å². The molecule has 3 aromatic rings. The summed E-state index contributed by atoms with van der Waals surface area (Å²) in [5, 5.41) is 8.09. The molecule has 0 unspecified atom stereocenters. The Balaban J connectivity index is 1.73. The Bertz CT molecular complexity index is 885. The second-order valence-electron chi connectivity index (χ2n) is 4.89. The van der Waals surface area contributed by atoms with Gasteiger partial charge in [0.15, 0.2) is 0 Å². The monoisotopic (exact) mass is 332 g/mol. The van der Waals surface area contributed by atoms with Crippen LogP contribution >= 0.6 is 0 Å². The third kappa shape index (κ3) is 3.57. The lowest BCUT2D eigenvalue weighted by Gasteiger charge is -2.02. The van der Waals surface area contributed by atoms with Crippen molar-refractivity contribution in [1.82, 2.24) is 24.5 Å². The van der Waals surface area contributed by atoms with E-state index in [0.29, 0.717) is 13.1 Å². The predicted molar refractivity (Wildman–Crippen MR) is 84.3 cm³/mol. The average Bonchev–Trinajstić information content (AvgIpc) is 3.17. The highest BCUT2D eigenvalue weighted by molar-refractivity contribution is 7.92. The van der Waals surface area contributed by atoms with Crippen LogP contribution in [0.2, 0.25) is 0 Å². The molecular weight excluding hydrogens is 316 g/mol. The van der Waals surface area contributed by atoms with Gasteiger partial charge >= 0.3 is 0 Å². The van der Waals surface area contributed by atoms with Crippen LogP contribution in [0, 0.1) is 0 Å². The fourth-order valence-electron chi connectivity index (χ4n) is 2.02. The summed E-state index contributed by atoms with van der Waals surface area (Å²) in [5.41, 5.74) is 1.05. The third-order valence-electron chi connectivity index (χ3n) is 3.19. The summed E-state index contributed by atoms with van der Waals surface area (Å²) in [6, 6.07) is 9.72. The summed E-state index contributed by atoms with van der Waals surface area (Å²) in [4.78, 5) is 4.07. The van der Waals surface area contributed by atoms with Gasteiger partial charge in [-0.1, -0.05) is 30.3 Å². The lowest BCUT2D eigenvalue weighted by atomic mass is 10.2. The maximum absolute atomic E-state index is 12.2. The molecule has 0 radical (unpaired) electrons. The lowest BCUT2D eigenvalue weighted by Crippen LogP contribution is -2.14. The fourth-order valence-corrected chi connectivity index (χ4v) is 2.92. The highest BCUT2D eigenvalue weighted by Crippen LogP contribution is 2.12. The van der Waals surface area contributed by atoms with E-state index in [4.69, 9.17) is 0 Å². The number of nitrogens with one attached hydrogen (secondary N) is 1. The first kappa shape index (κ1) is 15.2. The molecule has 1 aromatic carbocycles. The van der Waals surface area contributed by atoms with Crippen molar-refractivity contribution in [3.05, 3.63) is 54.6 Å². The minimum Gasteiger partial charge on any atom is -0.272 e. The molecule has 0 fully saturated rings. The van der Waals surface area contributed by atoms with Crippen molar-refractivity contribution in [3.63, 3.8) is 0 Å². The Kier molecular flexibility index (Phi) is 4.11. The maximum atomic E-state index is 12.2. The number of rotatable bonds is 6. The highest BCUT2D eigenvalue weighted by Gasteiger charge is 2.18. The van der Waals surface area contributed by atoms with Crippen molar-refractivity contribution in [2.24, 2.45) is 0 Å². The zero-order valence-corrected chi connectivity index (χ0v) is 13.3. The number of benzene rings is 1. The smallest absolute Gasteiger partial charge is 0.267 e. The van der Waals surface area contributed by atoms with Gasteiger partial charge in [-0.15, -0.1) is 5.10 Å². The molecule has 0 saturated carbocycles. The van der Waals surface area contributed by atoms with Gasteiger partial charge in [0.05, 0.1) is 12.7 Å². The standard InChI is InChI=1S/C14H16N6O2S/c1-2-19-10-13(8-16-19)23(21,22)18-14-15-11-20(17-14)9-12-6-4-3-5-7-12/h3-8,10-11H,2,9H2,1H3,(H,17,18). The number of nitrogens with zero attached hydrogens (tertiary/aromatic N) is 5. The van der Waals surface area contributed by atoms with E-state index >= 15 is 0 Å². The zero-order valence-electron chi connectivity index (χ0n) is 12.5. The van der Waals surface area contributed by atoms with E-state index < -0.39 is 10.0 Å². The Morgan fingerprint density at radius 2 is 1.96 bits per heavy atom. The van der Waals surface area contributed by atoms with Crippen LogP contribution in [-0.2, 0) is 23.1 Å². The lowest BCUT2D eigenvalue weighted by molar-refractivity contribution is 0.600. The number of sulfonamides is 1. The molecule has 8 nitrogen and oxygen atoms in total. The molecule has 0 aliphatic carbocycles. The molecular formula is C14H16N6O2S. The van der Waals surface area contributed by atoms with E-state index in [0.717, 1.165) is 5.56 Å². The van der Waals surface area contributed by atoms with E-state index in [1.54, 1.807) is 4.68 Å². The summed E-state index contributed by atoms with van der Waals surface area (Å²) in [5.74, 6) is 0.0326. The van der Waals surface area contributed by atoms with E-state index in [9.17, 15) is 8.42 Å². The summed E-state index contributed by atoms with van der Waals surface area (Å²) in [6.07, 6.45) is 4.25. The first-order valence-corrected chi connectivity index (χ1v) is 8.54. The van der Waals surface area contributed by atoms with Gasteiger partial charge in [0, 0.05) is 12.7 Å². The quantitative estimate of drug-likeness (QED) is 0.735. The molecule has 3 rings (SSSR count). The van der Waals surface area contributed by atoms with Gasteiger partial charge < -0.3 is 0 Å². The van der Waals surface area contributed by atoms with E-state index in [-0.39, 0.29) is 10.8 Å². The van der Waals surface area contributed by atoms with Gasteiger partial charge in [0.25, 0.3) is 16.0 Å². The van der Waals surface area contributed by atoms with Crippen LogP contribution in [0.5, 0.6) is 0 Å². The Morgan fingerprint density at radius 3 is 2.65 bits per heavy atom. The van der Waals surface area contributed by atoms with Crippen molar-refractivity contribution >= 4 is 16.0 Å². The topological polar surface area (TPSA) is 94.7 Å². The molecule has 2 aromatic heterocycles. The molecule has 9 heteroatoms. The molecule has 0 saturated heterocycles. The number of hydrogen-bond donors (Lipinski definition) is 1. The van der Waals surface area contributed by atoms with Crippen molar-refractivity contribution in [3.8, 4) is 0 Å². The van der Waals surface area contributed by atoms with Crippen LogP contribution in [0.3, 0.4) is 0 Å². The van der Waals surface area contributed by atoms with E-state index in [1.165, 1.54) is 23.4 Å². The maximum Gasteiger partial charge on any atom is 0.267 e. The third-order valence-corrected chi connectivity index (χ3v) is 4.48. The Labute approximate surface area is 133 Å². The minimum absolute atomic E-state index is 0.0326. The molecule has 1 N–H and O–H groups in total.